The zero-order valence-corrected chi connectivity index (χ0v) is 17.1. The minimum absolute atomic E-state index is 0. The number of halogens is 2. The van der Waals surface area contributed by atoms with Crippen LogP contribution in [-0.4, -0.2) is 43.5 Å². The van der Waals surface area contributed by atoms with E-state index >= 15 is 0 Å². The molecule has 0 saturated heterocycles. The number of H-pyrrole nitrogens is 1. The van der Waals surface area contributed by atoms with Gasteiger partial charge in [0, 0.05) is 49.7 Å². The van der Waals surface area contributed by atoms with Crippen molar-refractivity contribution in [1.82, 2.24) is 20.9 Å². The summed E-state index contributed by atoms with van der Waals surface area (Å²) < 4.78 is 13.4. The third-order valence-corrected chi connectivity index (χ3v) is 4.30. The van der Waals surface area contributed by atoms with Crippen molar-refractivity contribution in [2.24, 2.45) is 10.9 Å². The minimum atomic E-state index is -0.230. The fourth-order valence-corrected chi connectivity index (χ4v) is 2.75. The van der Waals surface area contributed by atoms with E-state index in [-0.39, 0.29) is 41.6 Å². The highest BCUT2D eigenvalue weighted by Gasteiger charge is 2.28. The second-order valence-corrected chi connectivity index (χ2v) is 6.24. The number of hydrogen-bond donors (Lipinski definition) is 4. The Morgan fingerprint density at radius 2 is 1.96 bits per heavy atom. The van der Waals surface area contributed by atoms with Crippen LogP contribution in [0.2, 0.25) is 0 Å². The molecule has 0 spiro atoms. The lowest BCUT2D eigenvalue weighted by Gasteiger charge is -2.12. The van der Waals surface area contributed by atoms with Gasteiger partial charge < -0.3 is 20.9 Å². The maximum atomic E-state index is 13.4. The molecule has 6 nitrogen and oxygen atoms in total. The first-order valence-electron chi connectivity index (χ1n) is 8.65. The average Bonchev–Trinajstić information content (AvgIpc) is 3.39. The smallest absolute Gasteiger partial charge is 0.223 e. The van der Waals surface area contributed by atoms with Gasteiger partial charge in [0.2, 0.25) is 5.91 Å². The number of rotatable bonds is 7. The van der Waals surface area contributed by atoms with E-state index in [4.69, 9.17) is 0 Å². The van der Waals surface area contributed by atoms with Crippen molar-refractivity contribution in [2.75, 3.05) is 26.7 Å². The Kier molecular flexibility index (Phi) is 7.67. The number of aliphatic imine (C=N–C) groups is 1. The van der Waals surface area contributed by atoms with Gasteiger partial charge in [-0.15, -0.1) is 24.0 Å². The standard InChI is InChI=1S/C18H24FN5O.HI/c1-20-18(23-9-8-21-17(25)12-2-3-12)22-7-6-13-11-24-16-5-4-14(19)10-15(13)16;/h4-5,10-12,24H,2-3,6-9H2,1H3,(H,21,25)(H2,20,22,23);1H. The van der Waals surface area contributed by atoms with Crippen LogP contribution < -0.4 is 16.0 Å². The summed E-state index contributed by atoms with van der Waals surface area (Å²) in [5.74, 6) is 0.841. The monoisotopic (exact) mass is 473 g/mol. The summed E-state index contributed by atoms with van der Waals surface area (Å²) in [7, 11) is 1.71. The highest BCUT2D eigenvalue weighted by Crippen LogP contribution is 2.28. The first kappa shape index (κ1) is 20.5. The van der Waals surface area contributed by atoms with E-state index in [0.717, 1.165) is 35.7 Å². The van der Waals surface area contributed by atoms with Gasteiger partial charge in [-0.25, -0.2) is 4.39 Å². The Bertz CT molecular complexity index is 772. The number of carbonyl (C=O) groups is 1. The Morgan fingerprint density at radius 3 is 2.69 bits per heavy atom. The van der Waals surface area contributed by atoms with Crippen molar-refractivity contribution in [2.45, 2.75) is 19.3 Å². The lowest BCUT2D eigenvalue weighted by atomic mass is 10.1. The molecule has 0 bridgehead atoms. The van der Waals surface area contributed by atoms with E-state index in [2.05, 4.69) is 25.9 Å². The van der Waals surface area contributed by atoms with Gasteiger partial charge in [-0.1, -0.05) is 0 Å². The van der Waals surface area contributed by atoms with Crippen LogP contribution in [0.3, 0.4) is 0 Å². The number of fused-ring (bicyclic) bond motifs is 1. The molecule has 1 fully saturated rings. The molecule has 0 unspecified atom stereocenters. The summed E-state index contributed by atoms with van der Waals surface area (Å²) in [6.07, 6.45) is 4.69. The van der Waals surface area contributed by atoms with Gasteiger partial charge in [-0.3, -0.25) is 9.79 Å². The molecule has 2 aromatic rings. The quantitative estimate of drug-likeness (QED) is 0.215. The Balaban J connectivity index is 0.00000243. The Labute approximate surface area is 169 Å². The lowest BCUT2D eigenvalue weighted by Crippen LogP contribution is -2.42. The van der Waals surface area contributed by atoms with Crippen LogP contribution in [0.5, 0.6) is 0 Å². The van der Waals surface area contributed by atoms with E-state index in [0.29, 0.717) is 25.6 Å². The molecule has 0 aliphatic heterocycles. The van der Waals surface area contributed by atoms with Gasteiger partial charge in [0.15, 0.2) is 5.96 Å². The molecule has 1 saturated carbocycles. The maximum absolute atomic E-state index is 13.4. The second kappa shape index (κ2) is 9.75. The van der Waals surface area contributed by atoms with Crippen molar-refractivity contribution in [3.63, 3.8) is 0 Å². The summed E-state index contributed by atoms with van der Waals surface area (Å²) in [6, 6.07) is 4.75. The molecule has 1 aromatic carbocycles. The fraction of sp³-hybridized carbons (Fsp3) is 0.444. The SMILES string of the molecule is CN=C(NCCNC(=O)C1CC1)NCCc1c[nH]c2ccc(F)cc12.I. The van der Waals surface area contributed by atoms with Gasteiger partial charge in [-0.05, 0) is 43.0 Å². The Hall–Kier alpha value is -1.84. The molecule has 26 heavy (non-hydrogen) atoms. The Morgan fingerprint density at radius 1 is 1.23 bits per heavy atom. The molecule has 1 amide bonds. The van der Waals surface area contributed by atoms with Crippen LogP contribution in [0.25, 0.3) is 10.9 Å². The van der Waals surface area contributed by atoms with Crippen LogP contribution >= 0.6 is 24.0 Å². The molecule has 1 heterocycles. The van der Waals surface area contributed by atoms with Crippen molar-refractivity contribution in [1.29, 1.82) is 0 Å². The number of hydrogen-bond acceptors (Lipinski definition) is 2. The van der Waals surface area contributed by atoms with Gasteiger partial charge in [0.1, 0.15) is 5.82 Å². The largest absolute Gasteiger partial charge is 0.361 e. The number of aromatic nitrogens is 1. The predicted molar refractivity (Wildman–Crippen MR) is 112 cm³/mol. The van der Waals surface area contributed by atoms with Crippen molar-refractivity contribution >= 4 is 46.7 Å². The third kappa shape index (κ3) is 5.58. The number of aromatic amines is 1. The van der Waals surface area contributed by atoms with Crippen molar-refractivity contribution < 1.29 is 9.18 Å². The highest BCUT2D eigenvalue weighted by atomic mass is 127. The molecule has 142 valence electrons. The van der Waals surface area contributed by atoms with Crippen molar-refractivity contribution in [3.05, 3.63) is 35.8 Å². The van der Waals surface area contributed by atoms with E-state index in [1.807, 2.05) is 6.20 Å². The van der Waals surface area contributed by atoms with Crippen LogP contribution in [0, 0.1) is 11.7 Å². The van der Waals surface area contributed by atoms with Gasteiger partial charge in [-0.2, -0.15) is 0 Å². The van der Waals surface area contributed by atoms with E-state index in [9.17, 15) is 9.18 Å². The number of amides is 1. The molecule has 1 aromatic heterocycles. The van der Waals surface area contributed by atoms with Crippen LogP contribution in [0.1, 0.15) is 18.4 Å². The van der Waals surface area contributed by atoms with E-state index in [1.54, 1.807) is 19.2 Å². The molecule has 0 radical (unpaired) electrons. The minimum Gasteiger partial charge on any atom is -0.361 e. The number of guanidine groups is 1. The molecule has 3 rings (SSSR count). The summed E-state index contributed by atoms with van der Waals surface area (Å²) in [5.41, 5.74) is 2.00. The molecule has 1 aliphatic rings. The van der Waals surface area contributed by atoms with Crippen LogP contribution in [-0.2, 0) is 11.2 Å². The van der Waals surface area contributed by atoms with Gasteiger partial charge >= 0.3 is 0 Å². The van der Waals surface area contributed by atoms with Gasteiger partial charge in [0.05, 0.1) is 0 Å². The molecular formula is C18H25FIN5O. The normalized spacial score (nSPS) is 14.0. The number of carbonyl (C=O) groups excluding carboxylic acids is 1. The fourth-order valence-electron chi connectivity index (χ4n) is 2.75. The predicted octanol–water partition coefficient (Wildman–Crippen LogP) is 2.16. The van der Waals surface area contributed by atoms with Crippen molar-refractivity contribution in [3.8, 4) is 0 Å². The number of nitrogens with one attached hydrogen (secondary N) is 4. The zero-order valence-electron chi connectivity index (χ0n) is 14.8. The highest BCUT2D eigenvalue weighted by molar-refractivity contribution is 14.0. The maximum Gasteiger partial charge on any atom is 0.223 e. The van der Waals surface area contributed by atoms with Crippen LogP contribution in [0.4, 0.5) is 4.39 Å². The zero-order chi connectivity index (χ0) is 17.6. The summed E-state index contributed by atoms with van der Waals surface area (Å²) in [5, 5.41) is 10.2. The third-order valence-electron chi connectivity index (χ3n) is 4.30. The number of nitrogens with zero attached hydrogens (tertiary/aromatic N) is 1. The van der Waals surface area contributed by atoms with E-state index < -0.39 is 0 Å². The van der Waals surface area contributed by atoms with Gasteiger partial charge in [0.25, 0.3) is 0 Å². The molecule has 4 N–H and O–H groups in total. The first-order valence-corrected chi connectivity index (χ1v) is 8.65. The van der Waals surface area contributed by atoms with Crippen LogP contribution in [0.15, 0.2) is 29.4 Å². The summed E-state index contributed by atoms with van der Waals surface area (Å²) >= 11 is 0. The molecule has 0 atom stereocenters. The number of benzene rings is 1. The molecule has 1 aliphatic carbocycles. The summed E-state index contributed by atoms with van der Waals surface area (Å²) in [6.45, 7) is 1.88. The molecular weight excluding hydrogens is 448 g/mol. The summed E-state index contributed by atoms with van der Waals surface area (Å²) in [4.78, 5) is 18.9. The topological polar surface area (TPSA) is 81.3 Å². The first-order chi connectivity index (χ1) is 12.2. The molecule has 8 heteroatoms. The average molecular weight is 473 g/mol. The van der Waals surface area contributed by atoms with E-state index in [1.165, 1.54) is 6.07 Å². The lowest BCUT2D eigenvalue weighted by molar-refractivity contribution is -0.122. The second-order valence-electron chi connectivity index (χ2n) is 6.24.